The van der Waals surface area contributed by atoms with E-state index in [2.05, 4.69) is 38.0 Å². The SMILES string of the molecule is COCc1nccc(N2CCN(c3nc4ccccc4s3)CC2)n1. The molecule has 0 N–H and O–H groups in total. The molecule has 4 rings (SSSR count). The number of benzene rings is 1. The first kappa shape index (κ1) is 15.3. The molecule has 0 saturated carbocycles. The smallest absolute Gasteiger partial charge is 0.186 e. The van der Waals surface area contributed by atoms with Crippen molar-refractivity contribution in [3.8, 4) is 0 Å². The molecular formula is C17H19N5OS. The highest BCUT2D eigenvalue weighted by Crippen LogP contribution is 2.29. The molecule has 1 saturated heterocycles. The van der Waals surface area contributed by atoms with Gasteiger partial charge >= 0.3 is 0 Å². The lowest BCUT2D eigenvalue weighted by molar-refractivity contribution is 0.178. The molecule has 7 heteroatoms. The number of rotatable bonds is 4. The zero-order valence-corrected chi connectivity index (χ0v) is 14.4. The van der Waals surface area contributed by atoms with Crippen molar-refractivity contribution in [2.24, 2.45) is 0 Å². The van der Waals surface area contributed by atoms with Gasteiger partial charge in [0.15, 0.2) is 11.0 Å². The average molecular weight is 341 g/mol. The number of hydrogen-bond acceptors (Lipinski definition) is 7. The van der Waals surface area contributed by atoms with E-state index in [4.69, 9.17) is 9.72 Å². The lowest BCUT2D eigenvalue weighted by atomic mass is 10.3. The Morgan fingerprint density at radius 3 is 2.62 bits per heavy atom. The lowest BCUT2D eigenvalue weighted by Gasteiger charge is -2.35. The van der Waals surface area contributed by atoms with Crippen LogP contribution in [-0.2, 0) is 11.3 Å². The molecule has 124 valence electrons. The number of thiazole rings is 1. The quantitative estimate of drug-likeness (QED) is 0.727. The van der Waals surface area contributed by atoms with Crippen molar-refractivity contribution < 1.29 is 4.74 Å². The maximum Gasteiger partial charge on any atom is 0.186 e. The standard InChI is InChI=1S/C17H19N5OS/c1-23-12-15-18-7-6-16(20-15)21-8-10-22(11-9-21)17-19-13-4-2-3-5-14(13)24-17/h2-7H,8-12H2,1H3. The monoisotopic (exact) mass is 341 g/mol. The second-order valence-corrected chi connectivity index (χ2v) is 6.71. The lowest BCUT2D eigenvalue weighted by Crippen LogP contribution is -2.46. The van der Waals surface area contributed by atoms with Crippen LogP contribution in [0, 0.1) is 0 Å². The van der Waals surface area contributed by atoms with Crippen LogP contribution in [0.4, 0.5) is 10.9 Å². The van der Waals surface area contributed by atoms with Crippen LogP contribution >= 0.6 is 11.3 Å². The van der Waals surface area contributed by atoms with Gasteiger partial charge in [-0.1, -0.05) is 23.5 Å². The van der Waals surface area contributed by atoms with Crippen LogP contribution < -0.4 is 9.80 Å². The van der Waals surface area contributed by atoms with Crippen LogP contribution in [0.2, 0.25) is 0 Å². The Morgan fingerprint density at radius 2 is 1.83 bits per heavy atom. The fourth-order valence-corrected chi connectivity index (χ4v) is 3.90. The molecule has 3 aromatic rings. The third-order valence-electron chi connectivity index (χ3n) is 4.12. The van der Waals surface area contributed by atoms with Crippen LogP contribution in [0.3, 0.4) is 0 Å². The molecule has 0 atom stereocenters. The van der Waals surface area contributed by atoms with Gasteiger partial charge in [-0.25, -0.2) is 15.0 Å². The number of ether oxygens (including phenoxy) is 1. The van der Waals surface area contributed by atoms with Crippen LogP contribution in [0.25, 0.3) is 10.2 Å². The first-order chi connectivity index (χ1) is 11.8. The molecular weight excluding hydrogens is 322 g/mol. The van der Waals surface area contributed by atoms with Gasteiger partial charge in [-0.2, -0.15) is 0 Å². The summed E-state index contributed by atoms with van der Waals surface area (Å²) in [5.41, 5.74) is 1.08. The molecule has 0 unspecified atom stereocenters. The summed E-state index contributed by atoms with van der Waals surface area (Å²) in [6.45, 7) is 4.20. The van der Waals surface area contributed by atoms with Crippen molar-refractivity contribution in [1.29, 1.82) is 0 Å². The van der Waals surface area contributed by atoms with Gasteiger partial charge in [-0.05, 0) is 18.2 Å². The number of piperazine rings is 1. The highest BCUT2D eigenvalue weighted by Gasteiger charge is 2.21. The molecule has 0 radical (unpaired) electrons. The average Bonchev–Trinajstić information content (AvgIpc) is 3.07. The molecule has 1 fully saturated rings. The van der Waals surface area contributed by atoms with Crippen LogP contribution in [0.5, 0.6) is 0 Å². The van der Waals surface area contributed by atoms with Gasteiger partial charge in [0.05, 0.1) is 10.2 Å². The maximum atomic E-state index is 5.12. The second kappa shape index (κ2) is 6.70. The second-order valence-electron chi connectivity index (χ2n) is 5.70. The minimum atomic E-state index is 0.444. The molecule has 0 spiro atoms. The van der Waals surface area contributed by atoms with Gasteiger partial charge in [0, 0.05) is 39.5 Å². The largest absolute Gasteiger partial charge is 0.377 e. The number of aromatic nitrogens is 3. The van der Waals surface area contributed by atoms with Gasteiger partial charge in [0.2, 0.25) is 0 Å². The Balaban J connectivity index is 1.45. The Bertz CT molecular complexity index is 795. The number of fused-ring (bicyclic) bond motifs is 1. The number of hydrogen-bond donors (Lipinski definition) is 0. The van der Waals surface area contributed by atoms with E-state index >= 15 is 0 Å². The van der Waals surface area contributed by atoms with E-state index in [1.54, 1.807) is 24.6 Å². The normalized spacial score (nSPS) is 15.2. The van der Waals surface area contributed by atoms with Gasteiger partial charge < -0.3 is 14.5 Å². The number of anilines is 2. The van der Waals surface area contributed by atoms with Crippen molar-refractivity contribution in [3.63, 3.8) is 0 Å². The summed E-state index contributed by atoms with van der Waals surface area (Å²) in [4.78, 5) is 18.2. The predicted octanol–water partition coefficient (Wildman–Crippen LogP) is 2.56. The Hall–Kier alpha value is -2.25. The topological polar surface area (TPSA) is 54.4 Å². The number of nitrogens with zero attached hydrogens (tertiary/aromatic N) is 5. The molecule has 6 nitrogen and oxygen atoms in total. The maximum absolute atomic E-state index is 5.12. The number of methoxy groups -OCH3 is 1. The van der Waals surface area contributed by atoms with E-state index in [1.807, 2.05) is 12.1 Å². The molecule has 24 heavy (non-hydrogen) atoms. The summed E-state index contributed by atoms with van der Waals surface area (Å²) in [5.74, 6) is 1.70. The fraction of sp³-hybridized carbons (Fsp3) is 0.353. The van der Waals surface area contributed by atoms with Gasteiger partial charge in [-0.15, -0.1) is 0 Å². The predicted molar refractivity (Wildman–Crippen MR) is 96.8 cm³/mol. The Morgan fingerprint density at radius 1 is 1.04 bits per heavy atom. The van der Waals surface area contributed by atoms with Crippen molar-refractivity contribution in [2.75, 3.05) is 43.1 Å². The molecule has 0 bridgehead atoms. The first-order valence-electron chi connectivity index (χ1n) is 8.00. The van der Waals surface area contributed by atoms with Crippen molar-refractivity contribution in [1.82, 2.24) is 15.0 Å². The van der Waals surface area contributed by atoms with E-state index in [1.165, 1.54) is 4.70 Å². The van der Waals surface area contributed by atoms with E-state index in [-0.39, 0.29) is 0 Å². The summed E-state index contributed by atoms with van der Waals surface area (Å²) < 4.78 is 6.36. The van der Waals surface area contributed by atoms with Gasteiger partial charge in [-0.3, -0.25) is 0 Å². The van der Waals surface area contributed by atoms with Crippen LogP contribution in [0.15, 0.2) is 36.5 Å². The molecule has 3 heterocycles. The summed E-state index contributed by atoms with van der Waals surface area (Å²) >= 11 is 1.76. The molecule has 1 aromatic carbocycles. The highest BCUT2D eigenvalue weighted by atomic mass is 32.1. The third kappa shape index (κ3) is 3.05. The van der Waals surface area contributed by atoms with Gasteiger partial charge in [0.25, 0.3) is 0 Å². The first-order valence-corrected chi connectivity index (χ1v) is 8.81. The van der Waals surface area contributed by atoms with E-state index in [9.17, 15) is 0 Å². The van der Waals surface area contributed by atoms with Crippen LogP contribution in [0.1, 0.15) is 5.82 Å². The number of para-hydroxylation sites is 1. The molecule has 0 amide bonds. The van der Waals surface area contributed by atoms with Crippen molar-refractivity contribution >= 4 is 32.5 Å². The molecule has 0 aliphatic carbocycles. The van der Waals surface area contributed by atoms with Crippen molar-refractivity contribution in [2.45, 2.75) is 6.61 Å². The Labute approximate surface area is 144 Å². The molecule has 1 aliphatic heterocycles. The summed E-state index contributed by atoms with van der Waals surface area (Å²) in [7, 11) is 1.66. The molecule has 1 aliphatic rings. The zero-order chi connectivity index (χ0) is 16.4. The summed E-state index contributed by atoms with van der Waals surface area (Å²) in [6, 6.07) is 10.3. The summed E-state index contributed by atoms with van der Waals surface area (Å²) in [6.07, 6.45) is 1.80. The van der Waals surface area contributed by atoms with Crippen molar-refractivity contribution in [3.05, 3.63) is 42.4 Å². The van der Waals surface area contributed by atoms with E-state index in [0.29, 0.717) is 6.61 Å². The molecule has 2 aromatic heterocycles. The van der Waals surface area contributed by atoms with Gasteiger partial charge in [0.1, 0.15) is 12.4 Å². The fourth-order valence-electron chi connectivity index (χ4n) is 2.89. The Kier molecular flexibility index (Phi) is 4.27. The minimum Gasteiger partial charge on any atom is -0.377 e. The summed E-state index contributed by atoms with van der Waals surface area (Å²) in [5, 5.41) is 1.11. The van der Waals surface area contributed by atoms with E-state index in [0.717, 1.165) is 48.5 Å². The minimum absolute atomic E-state index is 0.444. The zero-order valence-electron chi connectivity index (χ0n) is 13.6. The van der Waals surface area contributed by atoms with E-state index < -0.39 is 0 Å². The third-order valence-corrected chi connectivity index (χ3v) is 5.22. The highest BCUT2D eigenvalue weighted by molar-refractivity contribution is 7.22. The van der Waals surface area contributed by atoms with Crippen LogP contribution in [-0.4, -0.2) is 48.2 Å².